The van der Waals surface area contributed by atoms with E-state index in [1.54, 1.807) is 5.57 Å². The van der Waals surface area contributed by atoms with E-state index in [1.807, 2.05) is 13.8 Å². The summed E-state index contributed by atoms with van der Waals surface area (Å²) in [7, 11) is 0. The maximum atomic E-state index is 11.6. The molecule has 1 heteroatoms. The third kappa shape index (κ3) is 1.83. The Morgan fingerprint density at radius 3 is 2.27 bits per heavy atom. The van der Waals surface area contributed by atoms with Crippen molar-refractivity contribution in [3.05, 3.63) is 34.4 Å². The fraction of sp³-hybridized carbons (Fsp3) is 0.500. The van der Waals surface area contributed by atoms with Crippen molar-refractivity contribution in [3.8, 4) is 0 Å². The minimum atomic E-state index is 0.199. The van der Waals surface area contributed by atoms with Crippen molar-refractivity contribution in [3.63, 3.8) is 0 Å². The molecule has 0 radical (unpaired) electrons. The molecule has 2 rings (SSSR count). The summed E-state index contributed by atoms with van der Waals surface area (Å²) in [5.41, 5.74) is 4.61. The number of hydrogen-bond acceptors (Lipinski definition) is 1. The third-order valence-corrected chi connectivity index (χ3v) is 3.51. The van der Waals surface area contributed by atoms with Gasteiger partial charge in [0, 0.05) is 0 Å². The van der Waals surface area contributed by atoms with Gasteiger partial charge in [-0.2, -0.15) is 0 Å². The van der Waals surface area contributed by atoms with E-state index in [1.165, 1.54) is 24.8 Å². The van der Waals surface area contributed by atoms with E-state index in [0.717, 1.165) is 11.1 Å². The van der Waals surface area contributed by atoms with Crippen molar-refractivity contribution >= 4 is 5.78 Å². The summed E-state index contributed by atoms with van der Waals surface area (Å²) < 4.78 is 0. The molecule has 2 aliphatic carbocycles. The van der Waals surface area contributed by atoms with Crippen molar-refractivity contribution < 1.29 is 4.79 Å². The normalized spacial score (nSPS) is 26.9. The standard InChI is InChI=1S/C14H18O/c1-9-5-4-6-13(9)12-7-10(2)14(15)11(3)8-12/h7-9H,4-6H2,1-3H3. The zero-order chi connectivity index (χ0) is 11.0. The molecule has 0 N–H and O–H groups in total. The van der Waals surface area contributed by atoms with Crippen molar-refractivity contribution in [1.82, 2.24) is 0 Å². The molecule has 1 unspecified atom stereocenters. The lowest BCUT2D eigenvalue weighted by atomic mass is 9.90. The van der Waals surface area contributed by atoms with E-state index in [2.05, 4.69) is 19.1 Å². The quantitative estimate of drug-likeness (QED) is 0.587. The van der Waals surface area contributed by atoms with Gasteiger partial charge in [-0.1, -0.05) is 12.5 Å². The van der Waals surface area contributed by atoms with Gasteiger partial charge >= 0.3 is 0 Å². The van der Waals surface area contributed by atoms with E-state index in [-0.39, 0.29) is 5.78 Å². The third-order valence-electron chi connectivity index (χ3n) is 3.51. The van der Waals surface area contributed by atoms with Crippen LogP contribution in [-0.2, 0) is 4.79 Å². The van der Waals surface area contributed by atoms with Crippen molar-refractivity contribution in [2.75, 3.05) is 0 Å². The second-order valence-electron chi connectivity index (χ2n) is 4.76. The highest BCUT2D eigenvalue weighted by Gasteiger charge is 2.21. The molecule has 80 valence electrons. The van der Waals surface area contributed by atoms with Crippen LogP contribution in [-0.4, -0.2) is 5.78 Å². The average Bonchev–Trinajstić information content (AvgIpc) is 2.60. The Morgan fingerprint density at radius 2 is 1.80 bits per heavy atom. The maximum Gasteiger partial charge on any atom is 0.184 e. The van der Waals surface area contributed by atoms with Gasteiger partial charge in [-0.3, -0.25) is 4.79 Å². The summed E-state index contributed by atoms with van der Waals surface area (Å²) in [5, 5.41) is 0. The number of carbonyl (C=O) groups excluding carboxylic acids is 1. The van der Waals surface area contributed by atoms with Crippen LogP contribution in [0.4, 0.5) is 0 Å². The maximum absolute atomic E-state index is 11.6. The molecular weight excluding hydrogens is 184 g/mol. The Morgan fingerprint density at radius 1 is 1.20 bits per heavy atom. The van der Waals surface area contributed by atoms with Crippen LogP contribution in [0, 0.1) is 5.92 Å². The van der Waals surface area contributed by atoms with Crippen molar-refractivity contribution in [2.45, 2.75) is 40.0 Å². The Hall–Kier alpha value is -1.11. The Labute approximate surface area is 91.6 Å². The van der Waals surface area contributed by atoms with E-state index in [4.69, 9.17) is 0 Å². The predicted octanol–water partition coefficient (Wildman–Crippen LogP) is 3.58. The molecule has 0 aliphatic heterocycles. The molecule has 0 aromatic carbocycles. The second-order valence-corrected chi connectivity index (χ2v) is 4.76. The number of rotatable bonds is 0. The van der Waals surface area contributed by atoms with Crippen LogP contribution in [0.1, 0.15) is 40.0 Å². The molecule has 15 heavy (non-hydrogen) atoms. The molecule has 2 aliphatic rings. The number of ketones is 1. The zero-order valence-electron chi connectivity index (χ0n) is 9.76. The first kappa shape index (κ1) is 10.4. The first-order valence-corrected chi connectivity index (χ1v) is 5.74. The monoisotopic (exact) mass is 202 g/mol. The molecule has 0 amide bonds. The minimum absolute atomic E-state index is 0.199. The molecule has 0 aromatic heterocycles. The number of carbonyl (C=O) groups is 1. The van der Waals surface area contributed by atoms with Crippen LogP contribution < -0.4 is 0 Å². The molecule has 0 heterocycles. The van der Waals surface area contributed by atoms with Crippen LogP contribution in [0.3, 0.4) is 0 Å². The van der Waals surface area contributed by atoms with Crippen LogP contribution >= 0.6 is 0 Å². The average molecular weight is 202 g/mol. The van der Waals surface area contributed by atoms with E-state index in [9.17, 15) is 4.79 Å². The second kappa shape index (κ2) is 3.80. The SMILES string of the molecule is CC1=CC(=C2CCCC2C)C=C(C)C1=O. The Bertz CT molecular complexity index is 370. The first-order valence-electron chi connectivity index (χ1n) is 5.74. The van der Waals surface area contributed by atoms with E-state index in [0.29, 0.717) is 5.92 Å². The van der Waals surface area contributed by atoms with Gasteiger partial charge in [0.05, 0.1) is 0 Å². The van der Waals surface area contributed by atoms with Gasteiger partial charge < -0.3 is 0 Å². The summed E-state index contributed by atoms with van der Waals surface area (Å²) in [6, 6.07) is 0. The van der Waals surface area contributed by atoms with Gasteiger partial charge in [0.1, 0.15) is 0 Å². The van der Waals surface area contributed by atoms with Gasteiger partial charge in [-0.15, -0.1) is 0 Å². The Balaban J connectivity index is 2.43. The summed E-state index contributed by atoms with van der Waals surface area (Å²) in [6.45, 7) is 6.12. The molecule has 0 aromatic rings. The fourth-order valence-electron chi connectivity index (χ4n) is 2.58. The van der Waals surface area contributed by atoms with Crippen LogP contribution in [0.5, 0.6) is 0 Å². The lowest BCUT2D eigenvalue weighted by molar-refractivity contribution is -0.112. The topological polar surface area (TPSA) is 17.1 Å². The minimum Gasteiger partial charge on any atom is -0.289 e. The molecule has 1 nitrogen and oxygen atoms in total. The van der Waals surface area contributed by atoms with Gasteiger partial charge in [0.2, 0.25) is 0 Å². The number of Topliss-reactive ketones (excluding diaryl/α,β-unsaturated/α-hetero) is 1. The highest BCUT2D eigenvalue weighted by molar-refractivity contribution is 6.09. The number of hydrogen-bond donors (Lipinski definition) is 0. The summed E-state index contributed by atoms with van der Waals surface area (Å²) in [6.07, 6.45) is 7.93. The number of allylic oxidation sites excluding steroid dienone is 6. The molecule has 0 saturated heterocycles. The van der Waals surface area contributed by atoms with Crippen molar-refractivity contribution in [2.24, 2.45) is 5.92 Å². The molecular formula is C14H18O. The lowest BCUT2D eigenvalue weighted by Crippen LogP contribution is -2.07. The van der Waals surface area contributed by atoms with Crippen LogP contribution in [0.2, 0.25) is 0 Å². The molecule has 0 bridgehead atoms. The van der Waals surface area contributed by atoms with Gasteiger partial charge in [-0.25, -0.2) is 0 Å². The molecule has 0 spiro atoms. The molecule has 1 fully saturated rings. The zero-order valence-corrected chi connectivity index (χ0v) is 9.76. The summed E-state index contributed by atoms with van der Waals surface area (Å²) in [5.74, 6) is 0.895. The highest BCUT2D eigenvalue weighted by Crippen LogP contribution is 2.35. The van der Waals surface area contributed by atoms with Gasteiger partial charge in [0.15, 0.2) is 5.78 Å². The Kier molecular flexibility index (Phi) is 2.64. The molecule has 1 atom stereocenters. The van der Waals surface area contributed by atoms with Gasteiger partial charge in [0.25, 0.3) is 0 Å². The highest BCUT2D eigenvalue weighted by atomic mass is 16.1. The largest absolute Gasteiger partial charge is 0.289 e. The summed E-state index contributed by atoms with van der Waals surface area (Å²) in [4.78, 5) is 11.6. The van der Waals surface area contributed by atoms with E-state index >= 15 is 0 Å². The molecule has 1 saturated carbocycles. The van der Waals surface area contributed by atoms with Gasteiger partial charge in [-0.05, 0) is 67.9 Å². The smallest absolute Gasteiger partial charge is 0.184 e. The van der Waals surface area contributed by atoms with Crippen LogP contribution in [0.25, 0.3) is 0 Å². The van der Waals surface area contributed by atoms with Crippen molar-refractivity contribution in [1.29, 1.82) is 0 Å². The van der Waals surface area contributed by atoms with E-state index < -0.39 is 0 Å². The summed E-state index contributed by atoms with van der Waals surface area (Å²) >= 11 is 0. The predicted molar refractivity (Wildman–Crippen MR) is 62.6 cm³/mol. The lowest BCUT2D eigenvalue weighted by Gasteiger charge is -2.14. The van der Waals surface area contributed by atoms with Crippen LogP contribution in [0.15, 0.2) is 34.4 Å². The first-order chi connectivity index (χ1) is 7.09. The fourth-order valence-corrected chi connectivity index (χ4v) is 2.58.